The van der Waals surface area contributed by atoms with E-state index in [1.807, 2.05) is 45.1 Å². The van der Waals surface area contributed by atoms with Crippen LogP contribution in [0.1, 0.15) is 36.7 Å². The molecule has 0 radical (unpaired) electrons. The number of hydrogen-bond donors (Lipinski definition) is 0. The van der Waals surface area contributed by atoms with Crippen molar-refractivity contribution in [3.05, 3.63) is 41.5 Å². The predicted molar refractivity (Wildman–Crippen MR) is 99.4 cm³/mol. The van der Waals surface area contributed by atoms with E-state index in [2.05, 4.69) is 11.9 Å². The number of piperidine rings is 1. The fourth-order valence-electron chi connectivity index (χ4n) is 3.39. The number of imidazole rings is 1. The molecule has 0 spiro atoms. The van der Waals surface area contributed by atoms with E-state index in [1.165, 1.54) is 17.8 Å². The molecule has 3 heterocycles. The predicted octanol–water partition coefficient (Wildman–Crippen LogP) is 4.09. The summed E-state index contributed by atoms with van der Waals surface area (Å²) < 4.78 is 7.13. The Morgan fingerprint density at radius 3 is 2.80 bits per heavy atom. The van der Waals surface area contributed by atoms with Gasteiger partial charge in [0, 0.05) is 29.7 Å². The quantitative estimate of drug-likeness (QED) is 0.711. The number of benzene rings is 1. The van der Waals surface area contributed by atoms with E-state index in [0.29, 0.717) is 11.7 Å². The van der Waals surface area contributed by atoms with Crippen molar-refractivity contribution in [1.29, 1.82) is 0 Å². The molecule has 1 aliphatic heterocycles. The summed E-state index contributed by atoms with van der Waals surface area (Å²) in [6, 6.07) is 8.12. The highest BCUT2D eigenvalue weighted by Gasteiger charge is 2.26. The molecule has 2 aromatic heterocycles. The number of aromatic nitrogens is 2. The summed E-state index contributed by atoms with van der Waals surface area (Å²) in [5.41, 5.74) is 2.60. The molecule has 4 rings (SSSR count). The SMILES string of the molecule is COc1ccc(-c2cn3c(C(=O)N4CCCCC4C)csc3n2)cc1. The van der Waals surface area contributed by atoms with E-state index in [0.717, 1.165) is 41.4 Å². The Morgan fingerprint density at radius 2 is 2.08 bits per heavy atom. The zero-order valence-corrected chi connectivity index (χ0v) is 15.3. The van der Waals surface area contributed by atoms with Gasteiger partial charge in [-0.3, -0.25) is 9.20 Å². The van der Waals surface area contributed by atoms with Crippen molar-refractivity contribution >= 4 is 22.2 Å². The lowest BCUT2D eigenvalue weighted by Crippen LogP contribution is -2.42. The molecular weight excluding hydrogens is 334 g/mol. The topological polar surface area (TPSA) is 46.8 Å². The monoisotopic (exact) mass is 355 g/mol. The number of amides is 1. The molecule has 3 aromatic rings. The molecule has 1 unspecified atom stereocenters. The van der Waals surface area contributed by atoms with Crippen LogP contribution in [0.5, 0.6) is 5.75 Å². The number of carbonyl (C=O) groups excluding carboxylic acids is 1. The van der Waals surface area contributed by atoms with Gasteiger partial charge in [-0.05, 0) is 50.5 Å². The third-order valence-corrected chi connectivity index (χ3v) is 5.72. The fourth-order valence-corrected chi connectivity index (χ4v) is 4.23. The molecule has 25 heavy (non-hydrogen) atoms. The van der Waals surface area contributed by atoms with Crippen molar-refractivity contribution in [2.75, 3.05) is 13.7 Å². The molecule has 0 aliphatic carbocycles. The number of fused-ring (bicyclic) bond motifs is 1. The minimum absolute atomic E-state index is 0.108. The lowest BCUT2D eigenvalue weighted by Gasteiger charge is -2.33. The molecule has 1 saturated heterocycles. The average molecular weight is 355 g/mol. The van der Waals surface area contributed by atoms with Crippen LogP contribution in [0.4, 0.5) is 0 Å². The van der Waals surface area contributed by atoms with Crippen LogP contribution in [-0.2, 0) is 0 Å². The van der Waals surface area contributed by atoms with Crippen LogP contribution in [0.2, 0.25) is 0 Å². The molecular formula is C19H21N3O2S. The van der Waals surface area contributed by atoms with Gasteiger partial charge in [0.15, 0.2) is 4.96 Å². The first-order chi connectivity index (χ1) is 12.2. The molecule has 0 saturated carbocycles. The highest BCUT2D eigenvalue weighted by molar-refractivity contribution is 7.15. The van der Waals surface area contributed by atoms with Crippen LogP contribution in [0, 0.1) is 0 Å². The van der Waals surface area contributed by atoms with Gasteiger partial charge in [-0.2, -0.15) is 0 Å². The van der Waals surface area contributed by atoms with Gasteiger partial charge in [-0.25, -0.2) is 4.98 Å². The van der Waals surface area contributed by atoms with Crippen molar-refractivity contribution < 1.29 is 9.53 Å². The molecule has 0 N–H and O–H groups in total. The minimum Gasteiger partial charge on any atom is -0.497 e. The largest absolute Gasteiger partial charge is 0.497 e. The summed E-state index contributed by atoms with van der Waals surface area (Å²) in [6.07, 6.45) is 5.33. The summed E-state index contributed by atoms with van der Waals surface area (Å²) in [7, 11) is 1.65. The smallest absolute Gasteiger partial charge is 0.271 e. The molecule has 6 heteroatoms. The molecule has 0 bridgehead atoms. The van der Waals surface area contributed by atoms with E-state index in [9.17, 15) is 4.79 Å². The number of nitrogens with zero attached hydrogens (tertiary/aromatic N) is 3. The highest BCUT2D eigenvalue weighted by atomic mass is 32.1. The Labute approximate surface area is 150 Å². The van der Waals surface area contributed by atoms with E-state index in [1.54, 1.807) is 7.11 Å². The highest BCUT2D eigenvalue weighted by Crippen LogP contribution is 2.27. The van der Waals surface area contributed by atoms with Gasteiger partial charge in [0.2, 0.25) is 0 Å². The Balaban J connectivity index is 1.67. The van der Waals surface area contributed by atoms with Gasteiger partial charge >= 0.3 is 0 Å². The molecule has 130 valence electrons. The zero-order chi connectivity index (χ0) is 17.4. The Morgan fingerprint density at radius 1 is 1.28 bits per heavy atom. The Kier molecular flexibility index (Phi) is 4.21. The molecule has 1 atom stereocenters. The Hall–Kier alpha value is -2.34. The molecule has 5 nitrogen and oxygen atoms in total. The number of thiazole rings is 1. The van der Waals surface area contributed by atoms with E-state index in [-0.39, 0.29) is 5.91 Å². The number of ether oxygens (including phenoxy) is 1. The van der Waals surface area contributed by atoms with Crippen LogP contribution in [0.15, 0.2) is 35.8 Å². The summed E-state index contributed by atoms with van der Waals surface area (Å²) in [5, 5.41) is 1.92. The third kappa shape index (κ3) is 2.91. The normalized spacial score (nSPS) is 17.8. The summed E-state index contributed by atoms with van der Waals surface area (Å²) in [6.45, 7) is 2.98. The summed E-state index contributed by atoms with van der Waals surface area (Å²) in [5.74, 6) is 0.928. The summed E-state index contributed by atoms with van der Waals surface area (Å²) in [4.78, 5) is 20.5. The Bertz CT molecular complexity index is 897. The van der Waals surface area contributed by atoms with E-state index in [4.69, 9.17) is 4.74 Å². The first kappa shape index (κ1) is 16.1. The van der Waals surface area contributed by atoms with Crippen molar-refractivity contribution in [1.82, 2.24) is 14.3 Å². The zero-order valence-electron chi connectivity index (χ0n) is 14.4. The average Bonchev–Trinajstić information content (AvgIpc) is 3.22. The van der Waals surface area contributed by atoms with Crippen molar-refractivity contribution in [2.45, 2.75) is 32.2 Å². The van der Waals surface area contributed by atoms with E-state index < -0.39 is 0 Å². The lowest BCUT2D eigenvalue weighted by molar-refractivity contribution is 0.0629. The van der Waals surface area contributed by atoms with Gasteiger partial charge in [0.25, 0.3) is 5.91 Å². The first-order valence-corrected chi connectivity index (χ1v) is 9.47. The number of carbonyl (C=O) groups is 1. The first-order valence-electron chi connectivity index (χ1n) is 8.59. The van der Waals surface area contributed by atoms with Crippen molar-refractivity contribution in [3.63, 3.8) is 0 Å². The van der Waals surface area contributed by atoms with Gasteiger partial charge in [0.05, 0.1) is 12.8 Å². The minimum atomic E-state index is 0.108. The van der Waals surface area contributed by atoms with Gasteiger partial charge in [-0.15, -0.1) is 11.3 Å². The maximum Gasteiger partial charge on any atom is 0.271 e. The second kappa shape index (κ2) is 6.52. The number of methoxy groups -OCH3 is 1. The fraction of sp³-hybridized carbons (Fsp3) is 0.368. The standard InChI is InChI=1S/C19H21N3O2S/c1-13-5-3-4-10-21(13)18(23)17-12-25-19-20-16(11-22(17)19)14-6-8-15(24-2)9-7-14/h6-9,11-13H,3-5,10H2,1-2H3. The molecule has 1 fully saturated rings. The van der Waals surface area contributed by atoms with Crippen LogP contribution in [-0.4, -0.2) is 39.9 Å². The second-order valence-corrected chi connectivity index (χ2v) is 7.31. The van der Waals surface area contributed by atoms with Crippen LogP contribution in [0.3, 0.4) is 0 Å². The van der Waals surface area contributed by atoms with Crippen LogP contribution >= 0.6 is 11.3 Å². The van der Waals surface area contributed by atoms with Crippen molar-refractivity contribution in [3.8, 4) is 17.0 Å². The summed E-state index contributed by atoms with van der Waals surface area (Å²) >= 11 is 1.51. The third-order valence-electron chi connectivity index (χ3n) is 4.88. The number of likely N-dealkylation sites (tertiary alicyclic amines) is 1. The lowest BCUT2D eigenvalue weighted by atomic mass is 10.0. The van der Waals surface area contributed by atoms with Crippen LogP contribution < -0.4 is 4.74 Å². The second-order valence-electron chi connectivity index (χ2n) is 6.47. The molecule has 1 aromatic carbocycles. The maximum absolute atomic E-state index is 13.0. The van der Waals surface area contributed by atoms with Crippen LogP contribution in [0.25, 0.3) is 16.2 Å². The van der Waals surface area contributed by atoms with Gasteiger partial charge in [-0.1, -0.05) is 0 Å². The van der Waals surface area contributed by atoms with Gasteiger partial charge in [0.1, 0.15) is 11.4 Å². The van der Waals surface area contributed by atoms with Crippen molar-refractivity contribution in [2.24, 2.45) is 0 Å². The van der Waals surface area contributed by atoms with Gasteiger partial charge < -0.3 is 9.64 Å². The maximum atomic E-state index is 13.0. The molecule has 1 amide bonds. The number of rotatable bonds is 3. The molecule has 1 aliphatic rings. The number of hydrogen-bond acceptors (Lipinski definition) is 4. The van der Waals surface area contributed by atoms with E-state index >= 15 is 0 Å².